The van der Waals surface area contributed by atoms with Crippen LogP contribution in [0, 0.1) is 0 Å². The van der Waals surface area contributed by atoms with E-state index in [1.807, 2.05) is 13.0 Å². The smallest absolute Gasteiger partial charge is 0.260 e. The van der Waals surface area contributed by atoms with Crippen molar-refractivity contribution >= 4 is 57.4 Å². The fraction of sp³-hybridized carbons (Fsp3) is 0.143. The Morgan fingerprint density at radius 1 is 1.00 bits per heavy atom. The fourth-order valence-corrected chi connectivity index (χ4v) is 4.97. The van der Waals surface area contributed by atoms with E-state index in [1.54, 1.807) is 60.7 Å². The summed E-state index contributed by atoms with van der Waals surface area (Å²) in [5.41, 5.74) is 8.31. The molecule has 0 spiro atoms. The average molecular weight is 549 g/mol. The van der Waals surface area contributed by atoms with E-state index in [1.165, 1.54) is 13.0 Å². The Labute approximate surface area is 229 Å². The standard InChI is InChI=1S/C28H25ClN4O4S/c1-3-37-22-14-7-6-13-21(22)32-27-23(26(36)31-20-12-5-4-11-19(20)29)24(30)28(38-27)33-25(35)18-10-8-9-17(15-18)16(2)34/h4-15,28H,3,30H2,1-2H3,(H,31,36)(H,33,35)/t28-/m1/s1. The SMILES string of the molecule is CCOc1ccccc1N=C1S[C@@H](NC(=O)c2cccc(C(C)=O)c2)C(N)=C1C(=O)Nc1ccccc1Cl. The number of aliphatic imine (C=N–C) groups is 1. The molecule has 0 saturated heterocycles. The summed E-state index contributed by atoms with van der Waals surface area (Å²) in [5.74, 6) is -0.585. The number of para-hydroxylation sites is 3. The molecule has 1 heterocycles. The molecule has 0 unspecified atom stereocenters. The highest BCUT2D eigenvalue weighted by Crippen LogP contribution is 2.37. The van der Waals surface area contributed by atoms with Crippen LogP contribution in [0.2, 0.25) is 5.02 Å². The molecule has 8 nitrogen and oxygen atoms in total. The van der Waals surface area contributed by atoms with Crippen LogP contribution in [0.15, 0.2) is 89.1 Å². The van der Waals surface area contributed by atoms with Crippen molar-refractivity contribution in [3.8, 4) is 5.75 Å². The second-order valence-electron chi connectivity index (χ2n) is 8.19. The third kappa shape index (κ3) is 6.07. The van der Waals surface area contributed by atoms with Crippen LogP contribution in [0.1, 0.15) is 34.6 Å². The molecular formula is C28H25ClN4O4S. The number of hydrogen-bond donors (Lipinski definition) is 3. The zero-order valence-electron chi connectivity index (χ0n) is 20.7. The van der Waals surface area contributed by atoms with Gasteiger partial charge in [-0.2, -0.15) is 0 Å². The van der Waals surface area contributed by atoms with Gasteiger partial charge < -0.3 is 21.1 Å². The molecule has 3 aromatic rings. The second-order valence-corrected chi connectivity index (χ2v) is 9.69. The quantitative estimate of drug-likeness (QED) is 0.327. The molecule has 0 aliphatic carbocycles. The lowest BCUT2D eigenvalue weighted by atomic mass is 10.1. The van der Waals surface area contributed by atoms with Crippen molar-refractivity contribution in [2.75, 3.05) is 11.9 Å². The Bertz CT molecular complexity index is 1470. The van der Waals surface area contributed by atoms with Crippen molar-refractivity contribution < 1.29 is 19.1 Å². The number of nitrogens with one attached hydrogen (secondary N) is 2. The molecule has 10 heteroatoms. The summed E-state index contributed by atoms with van der Waals surface area (Å²) >= 11 is 7.37. The van der Waals surface area contributed by atoms with Gasteiger partial charge in [-0.05, 0) is 50.2 Å². The molecule has 3 aromatic carbocycles. The topological polar surface area (TPSA) is 123 Å². The van der Waals surface area contributed by atoms with Crippen LogP contribution in [-0.2, 0) is 4.79 Å². The Morgan fingerprint density at radius 3 is 2.45 bits per heavy atom. The summed E-state index contributed by atoms with van der Waals surface area (Å²) in [4.78, 5) is 42.9. The number of anilines is 1. The number of benzene rings is 3. The van der Waals surface area contributed by atoms with Crippen LogP contribution in [0.5, 0.6) is 5.75 Å². The first-order valence-electron chi connectivity index (χ1n) is 11.7. The number of thioether (sulfide) groups is 1. The molecular weight excluding hydrogens is 524 g/mol. The number of nitrogens with two attached hydrogens (primary N) is 1. The van der Waals surface area contributed by atoms with Crippen LogP contribution in [0.3, 0.4) is 0 Å². The highest BCUT2D eigenvalue weighted by Gasteiger charge is 2.36. The van der Waals surface area contributed by atoms with Crippen molar-refractivity contribution in [3.63, 3.8) is 0 Å². The number of rotatable bonds is 8. The Balaban J connectivity index is 1.69. The normalized spacial score (nSPS) is 15.9. The third-order valence-electron chi connectivity index (χ3n) is 5.54. The van der Waals surface area contributed by atoms with Gasteiger partial charge in [0.1, 0.15) is 21.9 Å². The minimum absolute atomic E-state index is 0.115. The molecule has 0 saturated carbocycles. The average Bonchev–Trinajstić information content (AvgIpc) is 3.20. The summed E-state index contributed by atoms with van der Waals surface area (Å²) in [5, 5.41) is 5.50. The maximum Gasteiger partial charge on any atom is 0.260 e. The van der Waals surface area contributed by atoms with Gasteiger partial charge in [-0.1, -0.05) is 59.8 Å². The van der Waals surface area contributed by atoms with Crippen molar-refractivity contribution in [1.29, 1.82) is 0 Å². The highest BCUT2D eigenvalue weighted by atomic mass is 35.5. The van der Waals surface area contributed by atoms with Crippen molar-refractivity contribution in [2.45, 2.75) is 19.2 Å². The van der Waals surface area contributed by atoms with Crippen molar-refractivity contribution in [3.05, 3.63) is 100 Å². The first-order chi connectivity index (χ1) is 18.3. The van der Waals surface area contributed by atoms with Crippen LogP contribution in [-0.4, -0.2) is 34.6 Å². The van der Waals surface area contributed by atoms with E-state index in [2.05, 4.69) is 15.6 Å². The molecule has 4 rings (SSSR count). The lowest BCUT2D eigenvalue weighted by Crippen LogP contribution is -2.35. The predicted molar refractivity (Wildman–Crippen MR) is 151 cm³/mol. The van der Waals surface area contributed by atoms with E-state index in [9.17, 15) is 14.4 Å². The van der Waals surface area contributed by atoms with E-state index >= 15 is 0 Å². The molecule has 1 aliphatic rings. The first-order valence-corrected chi connectivity index (χ1v) is 13.0. The molecule has 0 radical (unpaired) electrons. The summed E-state index contributed by atoms with van der Waals surface area (Å²) < 4.78 is 5.68. The minimum atomic E-state index is -0.784. The number of hydrogen-bond acceptors (Lipinski definition) is 7. The van der Waals surface area contributed by atoms with E-state index in [0.29, 0.717) is 44.9 Å². The molecule has 0 fully saturated rings. The number of amides is 2. The summed E-state index contributed by atoms with van der Waals surface area (Å²) in [6.07, 6.45) is 0. The van der Waals surface area contributed by atoms with E-state index < -0.39 is 17.2 Å². The van der Waals surface area contributed by atoms with Crippen LogP contribution < -0.4 is 21.1 Å². The monoisotopic (exact) mass is 548 g/mol. The van der Waals surface area contributed by atoms with E-state index in [4.69, 9.17) is 22.1 Å². The Kier molecular flexibility index (Phi) is 8.50. The van der Waals surface area contributed by atoms with Gasteiger partial charge in [0.15, 0.2) is 5.78 Å². The molecule has 4 N–H and O–H groups in total. The van der Waals surface area contributed by atoms with Crippen molar-refractivity contribution in [1.82, 2.24) is 5.32 Å². The second kappa shape index (κ2) is 12.0. The lowest BCUT2D eigenvalue weighted by molar-refractivity contribution is -0.112. The number of carbonyl (C=O) groups excluding carboxylic acids is 3. The van der Waals surface area contributed by atoms with Gasteiger partial charge in [-0.25, -0.2) is 4.99 Å². The van der Waals surface area contributed by atoms with Gasteiger partial charge in [0.05, 0.1) is 28.6 Å². The zero-order chi connectivity index (χ0) is 27.2. The maximum atomic E-state index is 13.4. The van der Waals surface area contributed by atoms with E-state index in [0.717, 1.165) is 11.8 Å². The molecule has 1 atom stereocenters. The number of carbonyl (C=O) groups is 3. The van der Waals surface area contributed by atoms with Gasteiger partial charge >= 0.3 is 0 Å². The molecule has 2 amide bonds. The number of ketones is 1. The highest BCUT2D eigenvalue weighted by molar-refractivity contribution is 8.15. The van der Waals surface area contributed by atoms with Gasteiger partial charge in [0.25, 0.3) is 11.8 Å². The number of ether oxygens (including phenoxy) is 1. The molecule has 0 bridgehead atoms. The predicted octanol–water partition coefficient (Wildman–Crippen LogP) is 5.33. The minimum Gasteiger partial charge on any atom is -0.492 e. The lowest BCUT2D eigenvalue weighted by Gasteiger charge is -2.13. The van der Waals surface area contributed by atoms with Gasteiger partial charge in [0, 0.05) is 11.1 Å². The van der Waals surface area contributed by atoms with Gasteiger partial charge in [-0.3, -0.25) is 14.4 Å². The third-order valence-corrected chi connectivity index (χ3v) is 7.00. The summed E-state index contributed by atoms with van der Waals surface area (Å²) in [6.45, 7) is 3.73. The number of Topliss-reactive ketones (excluding diaryl/α,β-unsaturated/α-hetero) is 1. The largest absolute Gasteiger partial charge is 0.492 e. The molecule has 0 aromatic heterocycles. The van der Waals surface area contributed by atoms with Crippen LogP contribution >= 0.6 is 23.4 Å². The van der Waals surface area contributed by atoms with Crippen LogP contribution in [0.4, 0.5) is 11.4 Å². The van der Waals surface area contributed by atoms with E-state index in [-0.39, 0.29) is 17.1 Å². The van der Waals surface area contributed by atoms with Gasteiger partial charge in [0.2, 0.25) is 0 Å². The molecule has 1 aliphatic heterocycles. The number of halogens is 1. The summed E-state index contributed by atoms with van der Waals surface area (Å²) in [7, 11) is 0. The summed E-state index contributed by atoms with van der Waals surface area (Å²) in [6, 6.07) is 20.4. The van der Waals surface area contributed by atoms with Crippen LogP contribution in [0.25, 0.3) is 0 Å². The Hall–Kier alpha value is -4.08. The Morgan fingerprint density at radius 2 is 1.71 bits per heavy atom. The molecule has 38 heavy (non-hydrogen) atoms. The number of nitrogens with zero attached hydrogens (tertiary/aromatic N) is 1. The fourth-order valence-electron chi connectivity index (χ4n) is 3.67. The first kappa shape index (κ1) is 27.0. The maximum absolute atomic E-state index is 13.4. The molecule has 194 valence electrons. The van der Waals surface area contributed by atoms with Gasteiger partial charge in [-0.15, -0.1) is 0 Å². The van der Waals surface area contributed by atoms with Crippen molar-refractivity contribution in [2.24, 2.45) is 10.7 Å². The zero-order valence-corrected chi connectivity index (χ0v) is 22.2.